The molecule has 0 unspecified atom stereocenters. The van der Waals surface area contributed by atoms with Crippen LogP contribution in [0.5, 0.6) is 0 Å². The predicted octanol–water partition coefficient (Wildman–Crippen LogP) is 2.96. The van der Waals surface area contributed by atoms with E-state index in [0.717, 1.165) is 11.3 Å². The minimum Gasteiger partial charge on any atom is -0.339 e. The van der Waals surface area contributed by atoms with Gasteiger partial charge in [-0.3, -0.25) is 14.5 Å². The van der Waals surface area contributed by atoms with Gasteiger partial charge in [0.25, 0.3) is 5.91 Å². The molecule has 8 heteroatoms. The molecule has 26 heavy (non-hydrogen) atoms. The van der Waals surface area contributed by atoms with Crippen LogP contribution >= 0.6 is 0 Å². The third-order valence-electron chi connectivity index (χ3n) is 4.02. The Morgan fingerprint density at radius 2 is 2.00 bits per heavy atom. The summed E-state index contributed by atoms with van der Waals surface area (Å²) in [6.45, 7) is 8.47. The Bertz CT molecular complexity index is 884. The van der Waals surface area contributed by atoms with Gasteiger partial charge < -0.3 is 9.84 Å². The number of rotatable bonds is 6. The zero-order valence-electron chi connectivity index (χ0n) is 15.3. The normalized spacial score (nSPS) is 12.3. The first-order chi connectivity index (χ1) is 12.5. The number of carbonyl (C=O) groups is 1. The predicted molar refractivity (Wildman–Crippen MR) is 95.4 cm³/mol. The van der Waals surface area contributed by atoms with E-state index in [1.807, 2.05) is 26.8 Å². The fraction of sp³-hybridized carbons (Fsp3) is 0.389. The Hall–Kier alpha value is -3.03. The number of nitrogens with zero attached hydrogens (tertiary/aromatic N) is 5. The van der Waals surface area contributed by atoms with Gasteiger partial charge in [-0.25, -0.2) is 0 Å². The molecule has 8 nitrogen and oxygen atoms in total. The maximum absolute atomic E-state index is 12.7. The van der Waals surface area contributed by atoms with E-state index >= 15 is 0 Å². The fourth-order valence-electron chi connectivity index (χ4n) is 2.50. The molecule has 0 aromatic carbocycles. The smallest absolute Gasteiger partial charge is 0.270 e. The molecule has 0 aliphatic heterocycles. The highest BCUT2D eigenvalue weighted by Gasteiger charge is 2.21. The van der Waals surface area contributed by atoms with Gasteiger partial charge in [0.15, 0.2) is 0 Å². The molecular formula is C18H22N6O2. The van der Waals surface area contributed by atoms with Crippen LogP contribution in [-0.4, -0.2) is 30.8 Å². The van der Waals surface area contributed by atoms with E-state index in [0.29, 0.717) is 24.0 Å². The molecule has 0 bridgehead atoms. The van der Waals surface area contributed by atoms with Crippen molar-refractivity contribution in [3.05, 3.63) is 47.9 Å². The lowest BCUT2D eigenvalue weighted by Gasteiger charge is -2.10. The highest BCUT2D eigenvalue weighted by molar-refractivity contribution is 5.92. The molecule has 1 atom stereocenters. The summed E-state index contributed by atoms with van der Waals surface area (Å²) in [4.78, 5) is 21.0. The highest BCUT2D eigenvalue weighted by Crippen LogP contribution is 2.19. The average molecular weight is 354 g/mol. The van der Waals surface area contributed by atoms with E-state index in [-0.39, 0.29) is 11.8 Å². The van der Waals surface area contributed by atoms with Crippen LogP contribution in [0.1, 0.15) is 61.7 Å². The quantitative estimate of drug-likeness (QED) is 0.731. The van der Waals surface area contributed by atoms with Crippen molar-refractivity contribution in [1.29, 1.82) is 0 Å². The molecule has 3 aromatic heterocycles. The van der Waals surface area contributed by atoms with Crippen LogP contribution in [0.25, 0.3) is 11.4 Å². The van der Waals surface area contributed by atoms with E-state index in [4.69, 9.17) is 4.52 Å². The summed E-state index contributed by atoms with van der Waals surface area (Å²) in [6.07, 6.45) is 3.32. The fourth-order valence-corrected chi connectivity index (χ4v) is 2.50. The lowest BCUT2D eigenvalue weighted by molar-refractivity contribution is 0.0921. The standard InChI is InChI=1S/C18H22N6O2/c1-5-24-15(10-14(22-24)11(2)3)17(25)20-12(4)18-21-16(23-26-18)13-6-8-19-9-7-13/h6-12H,5H2,1-4H3,(H,20,25)/t12-/m0/s1. The molecular weight excluding hydrogens is 332 g/mol. The van der Waals surface area contributed by atoms with Crippen LogP contribution in [0.2, 0.25) is 0 Å². The Morgan fingerprint density at radius 3 is 2.65 bits per heavy atom. The molecule has 0 radical (unpaired) electrons. The van der Waals surface area contributed by atoms with Crippen molar-refractivity contribution < 1.29 is 9.32 Å². The van der Waals surface area contributed by atoms with E-state index in [9.17, 15) is 4.79 Å². The highest BCUT2D eigenvalue weighted by atomic mass is 16.5. The van der Waals surface area contributed by atoms with Crippen LogP contribution < -0.4 is 5.32 Å². The molecule has 0 aliphatic rings. The number of carbonyl (C=O) groups excluding carboxylic acids is 1. The summed E-state index contributed by atoms with van der Waals surface area (Å²) in [7, 11) is 0. The molecule has 1 amide bonds. The lowest BCUT2D eigenvalue weighted by Crippen LogP contribution is -2.29. The third kappa shape index (κ3) is 3.63. The van der Waals surface area contributed by atoms with Crippen molar-refractivity contribution in [1.82, 2.24) is 30.2 Å². The van der Waals surface area contributed by atoms with Gasteiger partial charge in [0.05, 0.1) is 5.69 Å². The number of hydrogen-bond donors (Lipinski definition) is 1. The average Bonchev–Trinajstić information content (AvgIpc) is 3.29. The SMILES string of the molecule is CCn1nc(C(C)C)cc1C(=O)N[C@@H](C)c1nc(-c2ccncc2)no1. The zero-order valence-corrected chi connectivity index (χ0v) is 15.3. The molecule has 3 heterocycles. The van der Waals surface area contributed by atoms with Crippen LogP contribution in [-0.2, 0) is 6.54 Å². The molecule has 136 valence electrons. The number of aromatic nitrogens is 5. The van der Waals surface area contributed by atoms with Crippen LogP contribution in [0.15, 0.2) is 35.1 Å². The molecule has 3 aromatic rings. The van der Waals surface area contributed by atoms with Gasteiger partial charge in [-0.05, 0) is 38.0 Å². The Morgan fingerprint density at radius 1 is 1.27 bits per heavy atom. The zero-order chi connectivity index (χ0) is 18.7. The van der Waals surface area contributed by atoms with Gasteiger partial charge in [-0.15, -0.1) is 0 Å². The minimum atomic E-state index is -0.423. The van der Waals surface area contributed by atoms with E-state index in [2.05, 4.69) is 25.5 Å². The van der Waals surface area contributed by atoms with E-state index in [1.54, 1.807) is 36.1 Å². The number of hydrogen-bond acceptors (Lipinski definition) is 6. The summed E-state index contributed by atoms with van der Waals surface area (Å²) in [5.41, 5.74) is 2.22. The third-order valence-corrected chi connectivity index (χ3v) is 4.02. The summed E-state index contributed by atoms with van der Waals surface area (Å²) < 4.78 is 7.00. The molecule has 0 fully saturated rings. The van der Waals surface area contributed by atoms with Crippen LogP contribution in [0.4, 0.5) is 0 Å². The molecule has 0 spiro atoms. The summed E-state index contributed by atoms with van der Waals surface area (Å²) in [5, 5.41) is 11.3. The van der Waals surface area contributed by atoms with Crippen molar-refractivity contribution in [3.8, 4) is 11.4 Å². The van der Waals surface area contributed by atoms with Gasteiger partial charge in [0.2, 0.25) is 11.7 Å². The van der Waals surface area contributed by atoms with Gasteiger partial charge in [0.1, 0.15) is 11.7 Å². The van der Waals surface area contributed by atoms with Crippen molar-refractivity contribution in [3.63, 3.8) is 0 Å². The van der Waals surface area contributed by atoms with Crippen LogP contribution in [0, 0.1) is 0 Å². The monoisotopic (exact) mass is 354 g/mol. The lowest BCUT2D eigenvalue weighted by atomic mass is 10.1. The Labute approximate surface area is 151 Å². The first-order valence-corrected chi connectivity index (χ1v) is 8.62. The van der Waals surface area contributed by atoms with Crippen molar-refractivity contribution in [2.75, 3.05) is 0 Å². The van der Waals surface area contributed by atoms with E-state index in [1.165, 1.54) is 0 Å². The second kappa shape index (κ2) is 7.47. The maximum atomic E-state index is 12.7. The maximum Gasteiger partial charge on any atom is 0.270 e. The minimum absolute atomic E-state index is 0.220. The molecule has 1 N–H and O–H groups in total. The summed E-state index contributed by atoms with van der Waals surface area (Å²) >= 11 is 0. The number of nitrogens with one attached hydrogen (secondary N) is 1. The van der Waals surface area contributed by atoms with Gasteiger partial charge in [-0.2, -0.15) is 10.1 Å². The second-order valence-corrected chi connectivity index (χ2v) is 6.31. The summed E-state index contributed by atoms with van der Waals surface area (Å²) in [5.74, 6) is 0.842. The van der Waals surface area contributed by atoms with Crippen molar-refractivity contribution in [2.24, 2.45) is 0 Å². The summed E-state index contributed by atoms with van der Waals surface area (Å²) in [6, 6.07) is 5.00. The Kier molecular flexibility index (Phi) is 5.11. The number of amides is 1. The molecule has 0 saturated heterocycles. The Balaban J connectivity index is 1.75. The van der Waals surface area contributed by atoms with Crippen molar-refractivity contribution in [2.45, 2.75) is 46.2 Å². The first kappa shape index (κ1) is 17.8. The molecule has 0 saturated carbocycles. The molecule has 3 rings (SSSR count). The van der Waals surface area contributed by atoms with Crippen molar-refractivity contribution >= 4 is 5.91 Å². The first-order valence-electron chi connectivity index (χ1n) is 8.62. The topological polar surface area (TPSA) is 98.7 Å². The second-order valence-electron chi connectivity index (χ2n) is 6.31. The number of aryl methyl sites for hydroxylation is 1. The van der Waals surface area contributed by atoms with Gasteiger partial charge in [-0.1, -0.05) is 19.0 Å². The largest absolute Gasteiger partial charge is 0.339 e. The van der Waals surface area contributed by atoms with E-state index < -0.39 is 6.04 Å². The number of pyridine rings is 1. The van der Waals surface area contributed by atoms with Gasteiger partial charge in [0, 0.05) is 24.5 Å². The van der Waals surface area contributed by atoms with Crippen LogP contribution in [0.3, 0.4) is 0 Å². The van der Waals surface area contributed by atoms with Gasteiger partial charge >= 0.3 is 0 Å². The molecule has 0 aliphatic carbocycles.